The third-order valence-corrected chi connectivity index (χ3v) is 3.71. The van der Waals surface area contributed by atoms with Crippen LogP contribution < -0.4 is 11.6 Å². The van der Waals surface area contributed by atoms with Crippen LogP contribution in [0.5, 0.6) is 0 Å². The first-order valence-electron chi connectivity index (χ1n) is 6.50. The minimum atomic E-state index is -0.454. The summed E-state index contributed by atoms with van der Waals surface area (Å²) in [6.07, 6.45) is 4.02. The third-order valence-electron chi connectivity index (χ3n) is 3.71. The fraction of sp³-hybridized carbons (Fsp3) is 0.200. The van der Waals surface area contributed by atoms with Gasteiger partial charge in [0.2, 0.25) is 5.91 Å². The van der Waals surface area contributed by atoms with Gasteiger partial charge in [-0.15, -0.1) is 0 Å². The third kappa shape index (κ3) is 1.87. The summed E-state index contributed by atoms with van der Waals surface area (Å²) in [6, 6.07) is 7.02. The molecule has 0 atom stereocenters. The van der Waals surface area contributed by atoms with Gasteiger partial charge in [0.25, 0.3) is 0 Å². The van der Waals surface area contributed by atoms with E-state index in [1.54, 1.807) is 18.3 Å². The number of primary amides is 1. The minimum absolute atomic E-state index is 0.0914. The van der Waals surface area contributed by atoms with Crippen LogP contribution >= 0.6 is 0 Å². The molecular weight excluding hydrogens is 254 g/mol. The Morgan fingerprint density at radius 2 is 1.85 bits per heavy atom. The zero-order valence-electron chi connectivity index (χ0n) is 10.9. The van der Waals surface area contributed by atoms with E-state index in [1.807, 2.05) is 12.1 Å². The van der Waals surface area contributed by atoms with E-state index in [0.29, 0.717) is 17.7 Å². The van der Waals surface area contributed by atoms with E-state index < -0.39 is 5.91 Å². The SMILES string of the molecule is NC(=O)c1ccc(-c2cn(N)c3c2CCCC3=O)cc1. The summed E-state index contributed by atoms with van der Waals surface area (Å²) >= 11 is 0. The molecule has 0 fully saturated rings. The number of fused-ring (bicyclic) bond motifs is 1. The molecule has 1 aromatic heterocycles. The topological polar surface area (TPSA) is 91.1 Å². The number of nitrogens with two attached hydrogens (primary N) is 2. The van der Waals surface area contributed by atoms with Crippen molar-refractivity contribution in [2.45, 2.75) is 19.3 Å². The van der Waals surface area contributed by atoms with E-state index in [9.17, 15) is 9.59 Å². The number of carbonyl (C=O) groups excluding carboxylic acids is 2. The van der Waals surface area contributed by atoms with Gasteiger partial charge in [-0.1, -0.05) is 12.1 Å². The number of amides is 1. The molecule has 102 valence electrons. The van der Waals surface area contributed by atoms with Crippen LogP contribution in [0.3, 0.4) is 0 Å². The molecule has 0 spiro atoms. The fourth-order valence-electron chi connectivity index (χ4n) is 2.74. The molecule has 1 aromatic carbocycles. The van der Waals surface area contributed by atoms with E-state index in [4.69, 9.17) is 11.6 Å². The van der Waals surface area contributed by atoms with Crippen molar-refractivity contribution >= 4 is 11.7 Å². The molecule has 0 saturated heterocycles. The normalized spacial score (nSPS) is 14.1. The smallest absolute Gasteiger partial charge is 0.248 e. The van der Waals surface area contributed by atoms with Crippen molar-refractivity contribution in [2.24, 2.45) is 5.73 Å². The summed E-state index contributed by atoms with van der Waals surface area (Å²) in [5.41, 5.74) is 9.18. The van der Waals surface area contributed by atoms with Gasteiger partial charge in [-0.25, -0.2) is 0 Å². The van der Waals surface area contributed by atoms with Gasteiger partial charge in [0.1, 0.15) is 5.69 Å². The molecule has 0 unspecified atom stereocenters. The molecule has 1 aliphatic carbocycles. The van der Waals surface area contributed by atoms with E-state index >= 15 is 0 Å². The monoisotopic (exact) mass is 269 g/mol. The highest BCUT2D eigenvalue weighted by molar-refractivity contribution is 5.99. The number of benzene rings is 1. The maximum absolute atomic E-state index is 11.9. The molecule has 5 heteroatoms. The first kappa shape index (κ1) is 12.5. The highest BCUT2D eigenvalue weighted by atomic mass is 16.1. The summed E-state index contributed by atoms with van der Waals surface area (Å²) in [5.74, 6) is 5.53. The van der Waals surface area contributed by atoms with Crippen LogP contribution in [0.4, 0.5) is 0 Å². The lowest BCUT2D eigenvalue weighted by atomic mass is 9.91. The van der Waals surface area contributed by atoms with Crippen molar-refractivity contribution in [3.8, 4) is 11.1 Å². The molecule has 4 N–H and O–H groups in total. The van der Waals surface area contributed by atoms with Crippen LogP contribution in [0.15, 0.2) is 30.5 Å². The van der Waals surface area contributed by atoms with Gasteiger partial charge in [0.15, 0.2) is 5.78 Å². The molecule has 0 aliphatic heterocycles. The van der Waals surface area contributed by atoms with E-state index in [1.165, 1.54) is 4.68 Å². The lowest BCUT2D eigenvalue weighted by Gasteiger charge is -2.13. The summed E-state index contributed by atoms with van der Waals surface area (Å²) in [6.45, 7) is 0. The largest absolute Gasteiger partial charge is 0.366 e. The number of nitrogen functional groups attached to an aromatic ring is 1. The maximum atomic E-state index is 11.9. The average molecular weight is 269 g/mol. The summed E-state index contributed by atoms with van der Waals surface area (Å²) in [5, 5.41) is 0. The summed E-state index contributed by atoms with van der Waals surface area (Å²) < 4.78 is 1.41. The van der Waals surface area contributed by atoms with Crippen LogP contribution in [0.25, 0.3) is 11.1 Å². The Bertz CT molecular complexity index is 699. The van der Waals surface area contributed by atoms with E-state index in [2.05, 4.69) is 0 Å². The second-order valence-corrected chi connectivity index (χ2v) is 5.00. The maximum Gasteiger partial charge on any atom is 0.248 e. The van der Waals surface area contributed by atoms with Crippen LogP contribution in [0.2, 0.25) is 0 Å². The molecule has 0 radical (unpaired) electrons. The number of aromatic nitrogens is 1. The molecule has 1 amide bonds. The van der Waals surface area contributed by atoms with Gasteiger partial charge in [-0.2, -0.15) is 0 Å². The Morgan fingerprint density at radius 3 is 2.50 bits per heavy atom. The molecule has 0 bridgehead atoms. The quantitative estimate of drug-likeness (QED) is 0.809. The van der Waals surface area contributed by atoms with Crippen molar-refractivity contribution in [3.05, 3.63) is 47.3 Å². The van der Waals surface area contributed by atoms with Crippen LogP contribution in [0.1, 0.15) is 39.3 Å². The van der Waals surface area contributed by atoms with Crippen LogP contribution in [-0.4, -0.2) is 16.4 Å². The molecule has 20 heavy (non-hydrogen) atoms. The first-order valence-corrected chi connectivity index (χ1v) is 6.50. The van der Waals surface area contributed by atoms with Crippen LogP contribution in [0, 0.1) is 0 Å². The van der Waals surface area contributed by atoms with Gasteiger partial charge in [0.05, 0.1) is 0 Å². The Labute approximate surface area is 116 Å². The number of nitrogens with zero attached hydrogens (tertiary/aromatic N) is 1. The second-order valence-electron chi connectivity index (χ2n) is 5.00. The molecule has 1 aliphatic rings. The summed E-state index contributed by atoms with van der Waals surface area (Å²) in [7, 11) is 0. The molecule has 2 aromatic rings. The fourth-order valence-corrected chi connectivity index (χ4v) is 2.74. The highest BCUT2D eigenvalue weighted by Crippen LogP contribution is 2.32. The number of rotatable bonds is 2. The molecule has 5 nitrogen and oxygen atoms in total. The van der Waals surface area contributed by atoms with Gasteiger partial charge < -0.3 is 11.6 Å². The zero-order valence-corrected chi connectivity index (χ0v) is 10.9. The highest BCUT2D eigenvalue weighted by Gasteiger charge is 2.25. The average Bonchev–Trinajstić information content (AvgIpc) is 2.77. The lowest BCUT2D eigenvalue weighted by Crippen LogP contribution is -2.19. The predicted molar refractivity (Wildman–Crippen MR) is 75.8 cm³/mol. The molecule has 0 saturated carbocycles. The van der Waals surface area contributed by atoms with Crippen LogP contribution in [-0.2, 0) is 6.42 Å². The Morgan fingerprint density at radius 1 is 1.15 bits per heavy atom. The number of hydrogen-bond donors (Lipinski definition) is 2. The first-order chi connectivity index (χ1) is 9.58. The van der Waals surface area contributed by atoms with Crippen molar-refractivity contribution < 1.29 is 9.59 Å². The second kappa shape index (κ2) is 4.52. The predicted octanol–water partition coefficient (Wildman–Crippen LogP) is 1.49. The Balaban J connectivity index is 2.09. The van der Waals surface area contributed by atoms with Gasteiger partial charge in [0, 0.05) is 23.7 Å². The number of hydrogen-bond acceptors (Lipinski definition) is 3. The molecule has 3 rings (SSSR count). The Hall–Kier alpha value is -2.56. The van der Waals surface area contributed by atoms with Gasteiger partial charge in [-0.3, -0.25) is 14.3 Å². The van der Waals surface area contributed by atoms with E-state index in [0.717, 1.165) is 29.5 Å². The van der Waals surface area contributed by atoms with Crippen molar-refractivity contribution in [3.63, 3.8) is 0 Å². The van der Waals surface area contributed by atoms with Gasteiger partial charge in [-0.05, 0) is 36.1 Å². The molecule has 1 heterocycles. The minimum Gasteiger partial charge on any atom is -0.366 e. The lowest BCUT2D eigenvalue weighted by molar-refractivity contribution is 0.0963. The van der Waals surface area contributed by atoms with Crippen molar-refractivity contribution in [1.82, 2.24) is 4.68 Å². The number of carbonyl (C=O) groups is 2. The number of ketones is 1. The summed E-state index contributed by atoms with van der Waals surface area (Å²) in [4.78, 5) is 23.0. The van der Waals surface area contributed by atoms with Crippen molar-refractivity contribution in [2.75, 3.05) is 5.84 Å². The number of Topliss-reactive ketones (excluding diaryl/α,β-unsaturated/α-hetero) is 1. The Kier molecular flexibility index (Phi) is 2.82. The van der Waals surface area contributed by atoms with Gasteiger partial charge >= 0.3 is 0 Å². The van der Waals surface area contributed by atoms with Crippen molar-refractivity contribution in [1.29, 1.82) is 0 Å². The van der Waals surface area contributed by atoms with E-state index in [-0.39, 0.29) is 5.78 Å². The zero-order chi connectivity index (χ0) is 14.3. The molecular formula is C15H15N3O2. The standard InChI is InChI=1S/C15H15N3O2/c16-15(20)10-6-4-9(5-7-10)12-8-18(17)14-11(12)2-1-3-13(14)19/h4-8H,1-3,17H2,(H2,16,20).